The van der Waals surface area contributed by atoms with E-state index >= 15 is 0 Å². The van der Waals surface area contributed by atoms with E-state index in [4.69, 9.17) is 10.6 Å². The minimum absolute atomic E-state index is 0.313. The van der Waals surface area contributed by atoms with Gasteiger partial charge in [0.05, 0.1) is 12.3 Å². The summed E-state index contributed by atoms with van der Waals surface area (Å²) in [6, 6.07) is 0.313. The number of rotatable bonds is 7. The average molecular weight is 272 g/mol. The quantitative estimate of drug-likeness (QED) is 0.432. The molecule has 0 aliphatic carbocycles. The van der Waals surface area contributed by atoms with Crippen LogP contribution in [0.2, 0.25) is 0 Å². The number of thiazole rings is 1. The van der Waals surface area contributed by atoms with Crippen LogP contribution in [0, 0.1) is 0 Å². The van der Waals surface area contributed by atoms with Crippen LogP contribution in [-0.2, 0) is 11.3 Å². The number of nitrogen functional groups attached to an aromatic ring is 1. The number of carbonyl (C=O) groups excluding carboxylic acids is 1. The summed E-state index contributed by atoms with van der Waals surface area (Å²) in [5.74, 6) is 4.72. The van der Waals surface area contributed by atoms with Crippen molar-refractivity contribution in [3.05, 3.63) is 16.1 Å². The van der Waals surface area contributed by atoms with E-state index in [9.17, 15) is 4.79 Å². The minimum atomic E-state index is -0.348. The second-order valence-corrected chi connectivity index (χ2v) is 4.84. The van der Waals surface area contributed by atoms with Gasteiger partial charge in [-0.3, -0.25) is 15.1 Å². The van der Waals surface area contributed by atoms with Gasteiger partial charge < -0.3 is 4.74 Å². The van der Waals surface area contributed by atoms with Gasteiger partial charge in [0.15, 0.2) is 5.01 Å². The van der Waals surface area contributed by atoms with Crippen molar-refractivity contribution >= 4 is 17.2 Å². The summed E-state index contributed by atoms with van der Waals surface area (Å²) in [6.45, 7) is 6.48. The second kappa shape index (κ2) is 7.42. The second-order valence-electron chi connectivity index (χ2n) is 3.98. The first-order valence-corrected chi connectivity index (χ1v) is 6.68. The summed E-state index contributed by atoms with van der Waals surface area (Å²) in [5.41, 5.74) is 2.96. The fraction of sp³-hybridized carbons (Fsp3) is 0.636. The third-order valence-corrected chi connectivity index (χ3v) is 3.57. The molecular formula is C11H20N4O2S. The van der Waals surface area contributed by atoms with Crippen LogP contribution in [0.3, 0.4) is 0 Å². The first-order chi connectivity index (χ1) is 8.62. The Hall–Kier alpha value is -1.02. The maximum Gasteiger partial charge on any atom is 0.294 e. The van der Waals surface area contributed by atoms with Crippen molar-refractivity contribution in [2.45, 2.75) is 26.4 Å². The summed E-state index contributed by atoms with van der Waals surface area (Å²) < 4.78 is 5.14. The van der Waals surface area contributed by atoms with E-state index in [1.807, 2.05) is 5.38 Å². The standard InChI is InChI=1S/C11H20N4O2S/c1-4-15(8(2)6-17-3)5-9-7-18-11(13-9)10(16)14-12/h7-8H,4-6,12H2,1-3H3,(H,14,16). The van der Waals surface area contributed by atoms with Crippen molar-refractivity contribution in [2.75, 3.05) is 20.3 Å². The molecule has 1 atom stereocenters. The van der Waals surface area contributed by atoms with Crippen LogP contribution in [0.15, 0.2) is 5.38 Å². The van der Waals surface area contributed by atoms with Gasteiger partial charge in [-0.15, -0.1) is 11.3 Å². The lowest BCUT2D eigenvalue weighted by molar-refractivity contribution is 0.0946. The number of ether oxygens (including phenoxy) is 1. The number of nitrogens with one attached hydrogen (secondary N) is 1. The highest BCUT2D eigenvalue weighted by molar-refractivity contribution is 7.11. The highest BCUT2D eigenvalue weighted by Crippen LogP contribution is 2.13. The van der Waals surface area contributed by atoms with Crippen LogP contribution in [0.1, 0.15) is 29.3 Å². The third-order valence-electron chi connectivity index (χ3n) is 2.68. The number of aromatic nitrogens is 1. The number of nitrogens with zero attached hydrogens (tertiary/aromatic N) is 2. The molecule has 1 heterocycles. The molecule has 18 heavy (non-hydrogen) atoms. The Kier molecular flexibility index (Phi) is 6.20. The van der Waals surface area contributed by atoms with Gasteiger partial charge in [-0.05, 0) is 13.5 Å². The van der Waals surface area contributed by atoms with E-state index in [1.54, 1.807) is 7.11 Å². The van der Waals surface area contributed by atoms with Crippen LogP contribution in [0.4, 0.5) is 0 Å². The molecule has 0 radical (unpaired) electrons. The molecule has 0 aromatic carbocycles. The van der Waals surface area contributed by atoms with Gasteiger partial charge in [0.1, 0.15) is 0 Å². The molecule has 0 bridgehead atoms. The van der Waals surface area contributed by atoms with Crippen molar-refractivity contribution in [2.24, 2.45) is 5.84 Å². The molecule has 0 aliphatic heterocycles. The number of nitrogens with two attached hydrogens (primary N) is 1. The highest BCUT2D eigenvalue weighted by Gasteiger charge is 2.15. The first-order valence-electron chi connectivity index (χ1n) is 5.80. The Morgan fingerprint density at radius 3 is 3.00 bits per heavy atom. The number of amides is 1. The van der Waals surface area contributed by atoms with E-state index in [2.05, 4.69) is 29.2 Å². The Bertz CT molecular complexity index is 383. The van der Waals surface area contributed by atoms with E-state index in [0.29, 0.717) is 24.2 Å². The van der Waals surface area contributed by atoms with Crippen molar-refractivity contribution < 1.29 is 9.53 Å². The zero-order valence-corrected chi connectivity index (χ0v) is 11.8. The highest BCUT2D eigenvalue weighted by atomic mass is 32.1. The normalized spacial score (nSPS) is 12.7. The van der Waals surface area contributed by atoms with Crippen LogP contribution < -0.4 is 11.3 Å². The number of likely N-dealkylation sites (N-methyl/N-ethyl adjacent to an activating group) is 1. The zero-order valence-electron chi connectivity index (χ0n) is 11.0. The zero-order chi connectivity index (χ0) is 13.5. The number of hydrogen-bond donors (Lipinski definition) is 2. The Morgan fingerprint density at radius 2 is 2.44 bits per heavy atom. The average Bonchev–Trinajstić information content (AvgIpc) is 2.83. The van der Waals surface area contributed by atoms with Gasteiger partial charge in [0.25, 0.3) is 5.91 Å². The molecule has 7 heteroatoms. The molecule has 1 aromatic heterocycles. The Labute approximate surface area is 111 Å². The topological polar surface area (TPSA) is 80.5 Å². The van der Waals surface area contributed by atoms with E-state index in [0.717, 1.165) is 12.2 Å². The van der Waals surface area contributed by atoms with Crippen LogP contribution in [0.5, 0.6) is 0 Å². The van der Waals surface area contributed by atoms with Crippen LogP contribution in [-0.4, -0.2) is 42.1 Å². The fourth-order valence-electron chi connectivity index (χ4n) is 1.68. The van der Waals surface area contributed by atoms with Crippen molar-refractivity contribution in [1.29, 1.82) is 0 Å². The fourth-order valence-corrected chi connectivity index (χ4v) is 2.39. The maximum atomic E-state index is 11.3. The first kappa shape index (κ1) is 15.0. The summed E-state index contributed by atoms with van der Waals surface area (Å²) >= 11 is 1.30. The molecule has 0 aliphatic rings. The van der Waals surface area contributed by atoms with Gasteiger partial charge in [-0.25, -0.2) is 10.8 Å². The third kappa shape index (κ3) is 4.02. The summed E-state index contributed by atoms with van der Waals surface area (Å²) in [7, 11) is 1.69. The minimum Gasteiger partial charge on any atom is -0.383 e. The molecule has 1 amide bonds. The van der Waals surface area contributed by atoms with E-state index in [-0.39, 0.29) is 5.91 Å². The van der Waals surface area contributed by atoms with Gasteiger partial charge >= 0.3 is 0 Å². The number of hydrogen-bond acceptors (Lipinski definition) is 6. The molecule has 0 saturated carbocycles. The summed E-state index contributed by atoms with van der Waals surface area (Å²) in [4.78, 5) is 17.8. The number of methoxy groups -OCH3 is 1. The molecule has 0 saturated heterocycles. The lowest BCUT2D eigenvalue weighted by atomic mass is 10.3. The van der Waals surface area contributed by atoms with Crippen molar-refractivity contribution in [3.8, 4) is 0 Å². The molecule has 6 nitrogen and oxygen atoms in total. The molecule has 102 valence electrons. The molecule has 0 spiro atoms. The van der Waals surface area contributed by atoms with Gasteiger partial charge in [0.2, 0.25) is 0 Å². The number of hydrazine groups is 1. The largest absolute Gasteiger partial charge is 0.383 e. The van der Waals surface area contributed by atoms with Gasteiger partial charge in [-0.1, -0.05) is 6.92 Å². The van der Waals surface area contributed by atoms with E-state index < -0.39 is 0 Å². The molecule has 0 fully saturated rings. The van der Waals surface area contributed by atoms with E-state index in [1.165, 1.54) is 11.3 Å². The molecule has 3 N–H and O–H groups in total. The SMILES string of the molecule is CCN(Cc1csc(C(=O)NN)n1)C(C)COC. The lowest BCUT2D eigenvalue weighted by Gasteiger charge is -2.26. The maximum absolute atomic E-state index is 11.3. The molecule has 1 aromatic rings. The predicted molar refractivity (Wildman–Crippen MR) is 71.2 cm³/mol. The molecule has 1 unspecified atom stereocenters. The Balaban J connectivity index is 2.64. The predicted octanol–water partition coefficient (Wildman–Crippen LogP) is 0.603. The van der Waals surface area contributed by atoms with Crippen molar-refractivity contribution in [3.63, 3.8) is 0 Å². The van der Waals surface area contributed by atoms with Crippen LogP contribution in [0.25, 0.3) is 0 Å². The van der Waals surface area contributed by atoms with Crippen LogP contribution >= 0.6 is 11.3 Å². The summed E-state index contributed by atoms with van der Waals surface area (Å²) in [6.07, 6.45) is 0. The van der Waals surface area contributed by atoms with Gasteiger partial charge in [0, 0.05) is 25.1 Å². The lowest BCUT2D eigenvalue weighted by Crippen LogP contribution is -2.35. The monoisotopic (exact) mass is 272 g/mol. The smallest absolute Gasteiger partial charge is 0.294 e. The van der Waals surface area contributed by atoms with Crippen molar-refractivity contribution in [1.82, 2.24) is 15.3 Å². The summed E-state index contributed by atoms with van der Waals surface area (Å²) in [5, 5.41) is 2.27. The number of carbonyl (C=O) groups is 1. The van der Waals surface area contributed by atoms with Gasteiger partial charge in [-0.2, -0.15) is 0 Å². The Morgan fingerprint density at radius 1 is 1.72 bits per heavy atom. The molecule has 1 rings (SSSR count). The molecular weight excluding hydrogens is 252 g/mol.